The Labute approximate surface area is 223 Å². The maximum atomic E-state index is 13.0. The van der Waals surface area contributed by atoms with Crippen LogP contribution >= 0.6 is 0 Å². The van der Waals surface area contributed by atoms with Crippen LogP contribution < -0.4 is 19.6 Å². The van der Waals surface area contributed by atoms with Crippen molar-refractivity contribution in [3.63, 3.8) is 0 Å². The summed E-state index contributed by atoms with van der Waals surface area (Å²) in [4.78, 5) is 13.0. The van der Waals surface area contributed by atoms with Crippen molar-refractivity contribution >= 4 is 12.1 Å². The van der Waals surface area contributed by atoms with Crippen molar-refractivity contribution in [1.29, 1.82) is 0 Å². The van der Waals surface area contributed by atoms with Crippen molar-refractivity contribution in [2.75, 3.05) is 21.3 Å². The molecule has 198 valence electrons. The van der Waals surface area contributed by atoms with Gasteiger partial charge in [0, 0.05) is 22.7 Å². The van der Waals surface area contributed by atoms with Crippen molar-refractivity contribution in [1.82, 2.24) is 15.2 Å². The molecular formula is C30H34N4O4. The average Bonchev–Trinajstić information content (AvgIpc) is 3.37. The van der Waals surface area contributed by atoms with Crippen LogP contribution in [-0.2, 0) is 5.41 Å². The molecule has 0 aliphatic heterocycles. The van der Waals surface area contributed by atoms with E-state index >= 15 is 0 Å². The number of para-hydroxylation sites is 1. The lowest BCUT2D eigenvalue weighted by atomic mass is 9.48. The van der Waals surface area contributed by atoms with Gasteiger partial charge in [-0.25, -0.2) is 10.1 Å². The highest BCUT2D eigenvalue weighted by Crippen LogP contribution is 2.60. The Kier molecular flexibility index (Phi) is 6.33. The predicted octanol–water partition coefficient (Wildman–Crippen LogP) is 5.13. The van der Waals surface area contributed by atoms with E-state index in [1.54, 1.807) is 18.3 Å². The quantitative estimate of drug-likeness (QED) is 0.333. The standard InChI is InChI=1S/C30H34N4O4/c1-36-25-12-22(13-26(37-2)27(25)38-3)29(35)32-31-17-23-18-34(24-7-5-4-6-8-24)33-28(23)30-14-19-9-20(15-30)11-21(10-19)16-30/h4-8,12-13,17-21H,9-11,14-16H2,1-3H3,(H,32,35)/b31-17+. The number of ether oxygens (including phenoxy) is 3. The van der Waals surface area contributed by atoms with Gasteiger partial charge in [-0.15, -0.1) is 0 Å². The largest absolute Gasteiger partial charge is 0.493 e. The van der Waals surface area contributed by atoms with Gasteiger partial charge in [-0.3, -0.25) is 4.79 Å². The van der Waals surface area contributed by atoms with E-state index in [1.807, 2.05) is 29.1 Å². The first-order valence-electron chi connectivity index (χ1n) is 13.3. The second-order valence-corrected chi connectivity index (χ2v) is 11.0. The average molecular weight is 515 g/mol. The van der Waals surface area contributed by atoms with E-state index < -0.39 is 0 Å². The van der Waals surface area contributed by atoms with Crippen LogP contribution in [0.4, 0.5) is 0 Å². The van der Waals surface area contributed by atoms with E-state index in [4.69, 9.17) is 19.3 Å². The molecule has 0 unspecified atom stereocenters. The fourth-order valence-electron chi connectivity index (χ4n) is 7.44. The Morgan fingerprint density at radius 1 is 0.974 bits per heavy atom. The van der Waals surface area contributed by atoms with Gasteiger partial charge in [-0.1, -0.05) is 18.2 Å². The summed E-state index contributed by atoms with van der Waals surface area (Å²) < 4.78 is 18.1. The molecule has 1 amide bonds. The number of nitrogens with zero attached hydrogens (tertiary/aromatic N) is 3. The predicted molar refractivity (Wildman–Crippen MR) is 145 cm³/mol. The SMILES string of the molecule is COc1cc(C(=O)N/N=C/c2cn(-c3ccccc3)nc2C23CC4CC(CC(C4)C2)C3)cc(OC)c1OC. The first-order chi connectivity index (χ1) is 18.5. The molecule has 4 bridgehead atoms. The van der Waals surface area contributed by atoms with Crippen LogP contribution in [0.15, 0.2) is 53.8 Å². The highest BCUT2D eigenvalue weighted by Gasteiger charge is 2.53. The number of hydrazone groups is 1. The van der Waals surface area contributed by atoms with E-state index in [0.717, 1.165) is 34.7 Å². The molecule has 2 aromatic carbocycles. The molecule has 4 aliphatic carbocycles. The highest BCUT2D eigenvalue weighted by molar-refractivity contribution is 5.96. The number of nitrogens with one attached hydrogen (secondary N) is 1. The molecule has 0 saturated heterocycles. The molecule has 0 spiro atoms. The van der Waals surface area contributed by atoms with E-state index in [0.29, 0.717) is 22.8 Å². The maximum Gasteiger partial charge on any atom is 0.271 e. The second-order valence-electron chi connectivity index (χ2n) is 11.0. The monoisotopic (exact) mass is 514 g/mol. The van der Waals surface area contributed by atoms with Crippen molar-refractivity contribution in [3.05, 3.63) is 65.5 Å². The third-order valence-corrected chi connectivity index (χ3v) is 8.60. The van der Waals surface area contributed by atoms with Gasteiger partial charge in [-0.05, 0) is 80.5 Å². The van der Waals surface area contributed by atoms with Crippen LogP contribution in [-0.4, -0.2) is 43.2 Å². The highest BCUT2D eigenvalue weighted by atomic mass is 16.5. The van der Waals surface area contributed by atoms with Gasteiger partial charge < -0.3 is 14.2 Å². The number of benzene rings is 2. The molecular weight excluding hydrogens is 480 g/mol. The van der Waals surface area contributed by atoms with E-state index in [9.17, 15) is 4.79 Å². The molecule has 8 heteroatoms. The summed E-state index contributed by atoms with van der Waals surface area (Å²) in [6, 6.07) is 13.4. The Morgan fingerprint density at radius 2 is 1.58 bits per heavy atom. The summed E-state index contributed by atoms with van der Waals surface area (Å²) in [5, 5.41) is 9.53. The smallest absolute Gasteiger partial charge is 0.271 e. The van der Waals surface area contributed by atoms with Crippen LogP contribution in [0.5, 0.6) is 17.2 Å². The van der Waals surface area contributed by atoms with Gasteiger partial charge in [0.15, 0.2) is 11.5 Å². The van der Waals surface area contributed by atoms with Crippen molar-refractivity contribution in [2.45, 2.75) is 43.9 Å². The zero-order valence-corrected chi connectivity index (χ0v) is 22.1. The molecule has 3 aromatic rings. The van der Waals surface area contributed by atoms with Crippen molar-refractivity contribution < 1.29 is 19.0 Å². The fraction of sp³-hybridized carbons (Fsp3) is 0.433. The van der Waals surface area contributed by atoms with Crippen LogP contribution in [0.2, 0.25) is 0 Å². The van der Waals surface area contributed by atoms with Crippen LogP contribution in [0, 0.1) is 17.8 Å². The maximum absolute atomic E-state index is 13.0. The zero-order valence-electron chi connectivity index (χ0n) is 22.1. The summed E-state index contributed by atoms with van der Waals surface area (Å²) in [6.45, 7) is 0. The Balaban J connectivity index is 1.30. The normalized spacial score (nSPS) is 25.5. The molecule has 0 atom stereocenters. The summed E-state index contributed by atoms with van der Waals surface area (Å²) in [6.07, 6.45) is 11.5. The third kappa shape index (κ3) is 4.31. The van der Waals surface area contributed by atoms with Gasteiger partial charge in [0.25, 0.3) is 5.91 Å². The molecule has 8 nitrogen and oxygen atoms in total. The Morgan fingerprint density at radius 3 is 2.13 bits per heavy atom. The van der Waals surface area contributed by atoms with Crippen molar-refractivity contribution in [3.8, 4) is 22.9 Å². The lowest BCUT2D eigenvalue weighted by Crippen LogP contribution is -2.49. The summed E-state index contributed by atoms with van der Waals surface area (Å²) in [7, 11) is 4.57. The summed E-state index contributed by atoms with van der Waals surface area (Å²) in [5.74, 6) is 3.28. The molecule has 1 heterocycles. The molecule has 1 N–H and O–H groups in total. The number of carbonyl (C=O) groups excluding carboxylic acids is 1. The number of methoxy groups -OCH3 is 3. The Hall–Kier alpha value is -3.81. The number of amides is 1. The molecule has 1 aromatic heterocycles. The van der Waals surface area contributed by atoms with E-state index in [1.165, 1.54) is 59.9 Å². The lowest BCUT2D eigenvalue weighted by Gasteiger charge is -2.56. The fourth-order valence-corrected chi connectivity index (χ4v) is 7.44. The zero-order chi connectivity index (χ0) is 26.3. The minimum absolute atomic E-state index is 0.0941. The number of hydrogen-bond donors (Lipinski definition) is 1. The molecule has 38 heavy (non-hydrogen) atoms. The van der Waals surface area contributed by atoms with Gasteiger partial charge >= 0.3 is 0 Å². The molecule has 4 aliphatic rings. The minimum atomic E-state index is -0.368. The first kappa shape index (κ1) is 24.5. The summed E-state index contributed by atoms with van der Waals surface area (Å²) >= 11 is 0. The molecule has 7 rings (SSSR count). The lowest BCUT2D eigenvalue weighted by molar-refractivity contribution is -0.00739. The number of hydrogen-bond acceptors (Lipinski definition) is 6. The second kappa shape index (κ2) is 9.82. The van der Waals surface area contributed by atoms with Gasteiger partial charge in [0.2, 0.25) is 5.75 Å². The third-order valence-electron chi connectivity index (χ3n) is 8.60. The number of rotatable bonds is 8. The van der Waals surface area contributed by atoms with Crippen molar-refractivity contribution in [2.24, 2.45) is 22.9 Å². The van der Waals surface area contributed by atoms with Gasteiger partial charge in [0.05, 0.1) is 38.9 Å². The topological polar surface area (TPSA) is 87.0 Å². The molecule has 4 fully saturated rings. The van der Waals surface area contributed by atoms with Crippen LogP contribution in [0.1, 0.15) is 60.1 Å². The van der Waals surface area contributed by atoms with Crippen LogP contribution in [0.3, 0.4) is 0 Å². The van der Waals surface area contributed by atoms with E-state index in [2.05, 4.69) is 22.7 Å². The Bertz CT molecular complexity index is 1300. The van der Waals surface area contributed by atoms with Crippen LogP contribution in [0.25, 0.3) is 5.69 Å². The first-order valence-corrected chi connectivity index (χ1v) is 13.3. The number of aromatic nitrogens is 2. The summed E-state index contributed by atoms with van der Waals surface area (Å²) in [5.41, 5.74) is 6.22. The molecule has 0 radical (unpaired) electrons. The van der Waals surface area contributed by atoms with Gasteiger partial charge in [0.1, 0.15) is 0 Å². The molecule has 4 saturated carbocycles. The van der Waals surface area contributed by atoms with E-state index in [-0.39, 0.29) is 11.3 Å². The minimum Gasteiger partial charge on any atom is -0.493 e. The van der Waals surface area contributed by atoms with Gasteiger partial charge in [-0.2, -0.15) is 10.2 Å². The number of carbonyl (C=O) groups is 1.